The zero-order valence-corrected chi connectivity index (χ0v) is 8.16. The molecule has 0 heterocycles. The molecule has 0 spiro atoms. The Hall–Kier alpha value is -1.31. The lowest BCUT2D eigenvalue weighted by atomic mass is 10.1. The summed E-state index contributed by atoms with van der Waals surface area (Å²) in [5, 5.41) is 6.89. The van der Waals surface area contributed by atoms with Gasteiger partial charge in [-0.3, -0.25) is 4.79 Å². The lowest BCUT2D eigenvalue weighted by Crippen LogP contribution is -1.81. The predicted octanol–water partition coefficient (Wildman–Crippen LogP) is 2.65. The van der Waals surface area contributed by atoms with Gasteiger partial charge in [0.05, 0.1) is 0 Å². The fraction of sp³-hybridized carbons (Fsp3) is 0.364. The molecule has 1 aromatic rings. The first-order valence-electron chi connectivity index (χ1n) is 4.38. The Bertz CT molecular complexity index is 226. The maximum absolute atomic E-state index is 8.36. The Morgan fingerprint density at radius 2 is 1.77 bits per heavy atom. The maximum Gasteiger partial charge on any atom is 0.290 e. The number of hydrogen-bond acceptors (Lipinski definition) is 1. The number of hydrogen-bond donors (Lipinski definition) is 1. The highest BCUT2D eigenvalue weighted by molar-refractivity contribution is 5.32. The molecule has 0 saturated heterocycles. The van der Waals surface area contributed by atoms with Gasteiger partial charge in [-0.05, 0) is 18.9 Å². The number of aryl methyl sites for hydroxylation is 2. The minimum atomic E-state index is -0.250. The van der Waals surface area contributed by atoms with Crippen molar-refractivity contribution in [3.63, 3.8) is 0 Å². The number of benzene rings is 1. The Balaban J connectivity index is 0.000000424. The average molecular weight is 180 g/mol. The van der Waals surface area contributed by atoms with E-state index in [9.17, 15) is 0 Å². The highest BCUT2D eigenvalue weighted by atomic mass is 16.3. The van der Waals surface area contributed by atoms with Gasteiger partial charge in [0.2, 0.25) is 0 Å². The maximum atomic E-state index is 8.36. The summed E-state index contributed by atoms with van der Waals surface area (Å²) in [4.78, 5) is 8.36. The van der Waals surface area contributed by atoms with Crippen molar-refractivity contribution in [2.24, 2.45) is 0 Å². The lowest BCUT2D eigenvalue weighted by molar-refractivity contribution is -0.122. The van der Waals surface area contributed by atoms with Gasteiger partial charge in [-0.15, -0.1) is 0 Å². The molecule has 0 atom stereocenters. The van der Waals surface area contributed by atoms with Gasteiger partial charge in [0, 0.05) is 0 Å². The first-order chi connectivity index (χ1) is 6.24. The summed E-state index contributed by atoms with van der Waals surface area (Å²) in [6, 6.07) is 8.76. The van der Waals surface area contributed by atoms with Crippen LogP contribution in [0.1, 0.15) is 24.5 Å². The van der Waals surface area contributed by atoms with E-state index < -0.39 is 0 Å². The summed E-state index contributed by atoms with van der Waals surface area (Å²) in [5.74, 6) is 0. The van der Waals surface area contributed by atoms with Gasteiger partial charge >= 0.3 is 0 Å². The Morgan fingerprint density at radius 3 is 2.15 bits per heavy atom. The van der Waals surface area contributed by atoms with E-state index in [2.05, 4.69) is 38.1 Å². The van der Waals surface area contributed by atoms with Crippen molar-refractivity contribution >= 4 is 6.47 Å². The van der Waals surface area contributed by atoms with Gasteiger partial charge in [0.15, 0.2) is 0 Å². The number of rotatable bonds is 2. The van der Waals surface area contributed by atoms with E-state index >= 15 is 0 Å². The first-order valence-corrected chi connectivity index (χ1v) is 4.38. The monoisotopic (exact) mass is 180 g/mol. The molecule has 0 unspecified atom stereocenters. The van der Waals surface area contributed by atoms with E-state index in [1.807, 2.05) is 0 Å². The van der Waals surface area contributed by atoms with Crippen LogP contribution in [0, 0.1) is 6.92 Å². The van der Waals surface area contributed by atoms with Crippen LogP contribution in [0.15, 0.2) is 24.3 Å². The highest BCUT2D eigenvalue weighted by Gasteiger charge is 1.87. The fourth-order valence-electron chi connectivity index (χ4n) is 1.04. The molecule has 0 bridgehead atoms. The number of carboxylic acid groups (broad SMARTS) is 1. The van der Waals surface area contributed by atoms with Crippen molar-refractivity contribution < 1.29 is 9.90 Å². The van der Waals surface area contributed by atoms with Gasteiger partial charge in [-0.1, -0.05) is 43.2 Å². The van der Waals surface area contributed by atoms with E-state index in [-0.39, 0.29) is 6.47 Å². The van der Waals surface area contributed by atoms with Gasteiger partial charge in [0.25, 0.3) is 6.47 Å². The van der Waals surface area contributed by atoms with Gasteiger partial charge < -0.3 is 5.11 Å². The topological polar surface area (TPSA) is 37.3 Å². The van der Waals surface area contributed by atoms with Crippen LogP contribution >= 0.6 is 0 Å². The standard InChI is InChI=1S/C10H14.CH2O2/c1-3-4-10-7-5-9(2)6-8-10;2-1-3/h5-8H,3-4H2,1-2H3;1H,(H,2,3). The van der Waals surface area contributed by atoms with E-state index in [1.54, 1.807) is 0 Å². The third-order valence-corrected chi connectivity index (χ3v) is 1.66. The molecule has 1 rings (SSSR count). The highest BCUT2D eigenvalue weighted by Crippen LogP contribution is 2.04. The van der Waals surface area contributed by atoms with Crippen molar-refractivity contribution in [2.75, 3.05) is 0 Å². The lowest BCUT2D eigenvalue weighted by Gasteiger charge is -1.97. The van der Waals surface area contributed by atoms with Crippen molar-refractivity contribution in [1.29, 1.82) is 0 Å². The summed E-state index contributed by atoms with van der Waals surface area (Å²) in [7, 11) is 0. The Morgan fingerprint density at radius 1 is 1.31 bits per heavy atom. The van der Waals surface area contributed by atoms with Crippen LogP contribution in [0.4, 0.5) is 0 Å². The smallest absolute Gasteiger partial charge is 0.290 e. The molecule has 0 radical (unpaired) electrons. The molecule has 1 aromatic carbocycles. The molecule has 2 nitrogen and oxygen atoms in total. The van der Waals surface area contributed by atoms with Gasteiger partial charge in [0.1, 0.15) is 0 Å². The second kappa shape index (κ2) is 7.35. The van der Waals surface area contributed by atoms with Crippen LogP contribution < -0.4 is 0 Å². The average Bonchev–Trinajstić information content (AvgIpc) is 2.11. The second-order valence-corrected chi connectivity index (χ2v) is 2.84. The van der Waals surface area contributed by atoms with E-state index in [0.29, 0.717) is 0 Å². The van der Waals surface area contributed by atoms with Crippen LogP contribution in [-0.2, 0) is 11.2 Å². The van der Waals surface area contributed by atoms with Gasteiger partial charge in [-0.25, -0.2) is 0 Å². The summed E-state index contributed by atoms with van der Waals surface area (Å²) >= 11 is 0. The van der Waals surface area contributed by atoms with Crippen molar-refractivity contribution in [3.05, 3.63) is 35.4 Å². The van der Waals surface area contributed by atoms with Crippen LogP contribution in [0.25, 0.3) is 0 Å². The quantitative estimate of drug-likeness (QED) is 0.710. The summed E-state index contributed by atoms with van der Waals surface area (Å²) in [6.07, 6.45) is 2.45. The predicted molar refractivity (Wildman–Crippen MR) is 53.9 cm³/mol. The minimum absolute atomic E-state index is 0.250. The zero-order valence-electron chi connectivity index (χ0n) is 8.16. The van der Waals surface area contributed by atoms with Crippen LogP contribution in [0.5, 0.6) is 0 Å². The van der Waals surface area contributed by atoms with Crippen molar-refractivity contribution in [2.45, 2.75) is 26.7 Å². The SMILES string of the molecule is CCCc1ccc(C)cc1.O=CO. The molecule has 0 aliphatic rings. The second-order valence-electron chi connectivity index (χ2n) is 2.84. The summed E-state index contributed by atoms with van der Waals surface area (Å²) in [5.41, 5.74) is 2.80. The summed E-state index contributed by atoms with van der Waals surface area (Å²) in [6.45, 7) is 4.08. The molecule has 0 fully saturated rings. The Labute approximate surface area is 79.2 Å². The van der Waals surface area contributed by atoms with Gasteiger partial charge in [-0.2, -0.15) is 0 Å². The van der Waals surface area contributed by atoms with Crippen LogP contribution in [0.2, 0.25) is 0 Å². The van der Waals surface area contributed by atoms with E-state index in [1.165, 1.54) is 24.0 Å². The zero-order chi connectivity index (χ0) is 10.1. The van der Waals surface area contributed by atoms with Crippen molar-refractivity contribution in [3.8, 4) is 0 Å². The molecular weight excluding hydrogens is 164 g/mol. The fourth-order valence-corrected chi connectivity index (χ4v) is 1.04. The Kier molecular flexibility index (Phi) is 6.60. The van der Waals surface area contributed by atoms with E-state index in [0.717, 1.165) is 0 Å². The molecule has 2 heteroatoms. The molecule has 0 amide bonds. The van der Waals surface area contributed by atoms with Crippen molar-refractivity contribution in [1.82, 2.24) is 0 Å². The third kappa shape index (κ3) is 5.91. The summed E-state index contributed by atoms with van der Waals surface area (Å²) < 4.78 is 0. The van der Waals surface area contributed by atoms with Crippen LogP contribution in [0.3, 0.4) is 0 Å². The number of carbonyl (C=O) groups is 1. The molecule has 72 valence electrons. The molecule has 0 saturated carbocycles. The van der Waals surface area contributed by atoms with E-state index in [4.69, 9.17) is 9.90 Å². The molecule has 13 heavy (non-hydrogen) atoms. The largest absolute Gasteiger partial charge is 0.483 e. The normalized spacial score (nSPS) is 8.46. The van der Waals surface area contributed by atoms with Crippen LogP contribution in [-0.4, -0.2) is 11.6 Å². The minimum Gasteiger partial charge on any atom is -0.483 e. The molecule has 1 N–H and O–H groups in total. The third-order valence-electron chi connectivity index (χ3n) is 1.66. The molecular formula is C11H16O2. The molecule has 0 aliphatic carbocycles. The molecule has 0 aliphatic heterocycles. The first kappa shape index (κ1) is 11.7. The molecule has 0 aromatic heterocycles.